The summed E-state index contributed by atoms with van der Waals surface area (Å²) in [6.07, 6.45) is 4.58. The lowest BCUT2D eigenvalue weighted by molar-refractivity contribution is -0.116. The van der Waals surface area contributed by atoms with E-state index < -0.39 is 0 Å². The average Bonchev–Trinajstić information content (AvgIpc) is 3.05. The molecule has 3 N–H and O–H groups in total. The fourth-order valence-electron chi connectivity index (χ4n) is 5.15. The van der Waals surface area contributed by atoms with Crippen LogP contribution in [0.15, 0.2) is 97.3 Å². The second-order valence-corrected chi connectivity index (χ2v) is 10.9. The summed E-state index contributed by atoms with van der Waals surface area (Å²) < 4.78 is 6.04. The molecule has 2 heterocycles. The van der Waals surface area contributed by atoms with Crippen LogP contribution in [0, 0.1) is 0 Å². The summed E-state index contributed by atoms with van der Waals surface area (Å²) in [4.78, 5) is 33.9. The van der Waals surface area contributed by atoms with Crippen molar-refractivity contribution in [2.45, 2.75) is 19.4 Å². The van der Waals surface area contributed by atoms with Gasteiger partial charge in [0.1, 0.15) is 5.75 Å². The van der Waals surface area contributed by atoms with Crippen LogP contribution in [0.1, 0.15) is 17.5 Å². The van der Waals surface area contributed by atoms with Gasteiger partial charge in [0.15, 0.2) is 0 Å². The minimum absolute atomic E-state index is 0.0288. The zero-order valence-electron chi connectivity index (χ0n) is 25.2. The molecule has 1 aliphatic heterocycles. The first-order valence-electron chi connectivity index (χ1n) is 15.1. The molecule has 0 spiro atoms. The summed E-state index contributed by atoms with van der Waals surface area (Å²) in [5, 5.41) is 8.81. The second-order valence-electron chi connectivity index (χ2n) is 10.9. The van der Waals surface area contributed by atoms with Crippen LogP contribution in [0.25, 0.3) is 11.1 Å². The van der Waals surface area contributed by atoms with Gasteiger partial charge in [-0.3, -0.25) is 9.78 Å². The number of aromatic nitrogens is 1. The van der Waals surface area contributed by atoms with Crippen molar-refractivity contribution in [3.8, 4) is 16.9 Å². The molecule has 5 rings (SSSR count). The fraction of sp³-hybridized carbons (Fsp3) is 0.286. The first-order valence-corrected chi connectivity index (χ1v) is 15.1. The second kappa shape index (κ2) is 15.7. The van der Waals surface area contributed by atoms with Gasteiger partial charge in [-0.1, -0.05) is 48.5 Å². The summed E-state index contributed by atoms with van der Waals surface area (Å²) >= 11 is 0. The Morgan fingerprint density at radius 1 is 0.841 bits per heavy atom. The Balaban J connectivity index is 1.12. The largest absolute Gasteiger partial charge is 0.493 e. The van der Waals surface area contributed by atoms with Crippen LogP contribution < -0.4 is 20.7 Å². The molecule has 228 valence electrons. The minimum atomic E-state index is -0.286. The molecule has 0 unspecified atom stereocenters. The SMILES string of the molecule is CN1CCN(CCC(=O)Nc2ccccc2-c2ccccc2CCOc2ccc(NC(=O)NCc3cccnc3)cc2)CC1. The summed E-state index contributed by atoms with van der Waals surface area (Å²) in [6.45, 7) is 5.74. The molecule has 3 amide bonds. The van der Waals surface area contributed by atoms with Crippen LogP contribution in [0.4, 0.5) is 16.2 Å². The summed E-state index contributed by atoms with van der Waals surface area (Å²) in [7, 11) is 2.14. The maximum atomic E-state index is 12.9. The number of hydrogen-bond donors (Lipinski definition) is 3. The number of hydrogen-bond acceptors (Lipinski definition) is 6. The Hall–Kier alpha value is -4.73. The summed E-state index contributed by atoms with van der Waals surface area (Å²) in [5.41, 5.74) is 5.62. The number of urea groups is 1. The summed E-state index contributed by atoms with van der Waals surface area (Å²) in [6, 6.07) is 27.0. The molecular weight excluding hydrogens is 552 g/mol. The van der Waals surface area contributed by atoms with E-state index in [4.69, 9.17) is 4.74 Å². The van der Waals surface area contributed by atoms with Gasteiger partial charge in [-0.05, 0) is 60.1 Å². The van der Waals surface area contributed by atoms with Crippen molar-refractivity contribution in [2.24, 2.45) is 0 Å². The number of nitrogens with one attached hydrogen (secondary N) is 3. The number of amides is 3. The molecule has 44 heavy (non-hydrogen) atoms. The highest BCUT2D eigenvalue weighted by Crippen LogP contribution is 2.31. The number of pyridine rings is 1. The number of anilines is 2. The molecule has 1 aromatic heterocycles. The van der Waals surface area contributed by atoms with E-state index >= 15 is 0 Å². The van der Waals surface area contributed by atoms with Crippen molar-refractivity contribution in [1.82, 2.24) is 20.1 Å². The number of piperazine rings is 1. The number of carbonyl (C=O) groups is 2. The van der Waals surface area contributed by atoms with Crippen molar-refractivity contribution < 1.29 is 14.3 Å². The van der Waals surface area contributed by atoms with Gasteiger partial charge in [0.25, 0.3) is 0 Å². The molecule has 0 atom stereocenters. The van der Waals surface area contributed by atoms with Crippen molar-refractivity contribution in [3.05, 3.63) is 108 Å². The van der Waals surface area contributed by atoms with Crippen LogP contribution in [0.2, 0.25) is 0 Å². The lowest BCUT2D eigenvalue weighted by Gasteiger charge is -2.32. The Morgan fingerprint density at radius 3 is 2.36 bits per heavy atom. The normalized spacial score (nSPS) is 13.7. The van der Waals surface area contributed by atoms with Crippen molar-refractivity contribution >= 4 is 23.3 Å². The maximum Gasteiger partial charge on any atom is 0.319 e. The molecule has 4 aromatic rings. The maximum absolute atomic E-state index is 12.9. The predicted molar refractivity (Wildman–Crippen MR) is 175 cm³/mol. The van der Waals surface area contributed by atoms with Gasteiger partial charge < -0.3 is 30.5 Å². The monoisotopic (exact) mass is 592 g/mol. The van der Waals surface area contributed by atoms with E-state index in [2.05, 4.69) is 49.9 Å². The molecule has 1 aliphatic rings. The van der Waals surface area contributed by atoms with Crippen LogP contribution in [-0.2, 0) is 17.8 Å². The molecule has 1 fully saturated rings. The molecule has 0 radical (unpaired) electrons. The third-order valence-electron chi connectivity index (χ3n) is 7.69. The molecule has 0 bridgehead atoms. The summed E-state index contributed by atoms with van der Waals surface area (Å²) in [5.74, 6) is 0.748. The highest BCUT2D eigenvalue weighted by atomic mass is 16.5. The molecule has 0 saturated carbocycles. The van der Waals surface area contributed by atoms with E-state index in [9.17, 15) is 9.59 Å². The number of benzene rings is 3. The van der Waals surface area contributed by atoms with Gasteiger partial charge in [-0.15, -0.1) is 0 Å². The van der Waals surface area contributed by atoms with Crippen molar-refractivity contribution in [2.75, 3.05) is 57.0 Å². The van der Waals surface area contributed by atoms with E-state index in [1.165, 1.54) is 0 Å². The predicted octanol–water partition coefficient (Wildman–Crippen LogP) is 5.27. The Labute approximate surface area is 259 Å². The Bertz CT molecular complexity index is 1500. The smallest absolute Gasteiger partial charge is 0.319 e. The molecule has 1 saturated heterocycles. The highest BCUT2D eigenvalue weighted by Gasteiger charge is 2.16. The fourth-order valence-corrected chi connectivity index (χ4v) is 5.15. The Morgan fingerprint density at radius 2 is 1.59 bits per heavy atom. The Kier molecular flexibility index (Phi) is 10.9. The van der Waals surface area contributed by atoms with Gasteiger partial charge in [0.2, 0.25) is 5.91 Å². The number of ether oxygens (including phenoxy) is 1. The topological polar surface area (TPSA) is 98.8 Å². The third-order valence-corrected chi connectivity index (χ3v) is 7.69. The van der Waals surface area contributed by atoms with Crippen LogP contribution >= 0.6 is 0 Å². The van der Waals surface area contributed by atoms with E-state index in [1.54, 1.807) is 12.4 Å². The lowest BCUT2D eigenvalue weighted by atomic mass is 9.96. The van der Waals surface area contributed by atoms with E-state index in [1.807, 2.05) is 72.8 Å². The van der Waals surface area contributed by atoms with Gasteiger partial charge in [-0.25, -0.2) is 4.79 Å². The first kappa shape index (κ1) is 30.7. The third kappa shape index (κ3) is 9.13. The van der Waals surface area contributed by atoms with Gasteiger partial charge >= 0.3 is 6.03 Å². The van der Waals surface area contributed by atoms with Gasteiger partial charge in [-0.2, -0.15) is 0 Å². The van der Waals surface area contributed by atoms with Gasteiger partial charge in [0.05, 0.1) is 6.61 Å². The highest BCUT2D eigenvalue weighted by molar-refractivity contribution is 5.96. The zero-order chi connectivity index (χ0) is 30.6. The van der Waals surface area contributed by atoms with Crippen molar-refractivity contribution in [1.29, 1.82) is 0 Å². The standard InChI is InChI=1S/C35H40N6O3/c1-40-20-22-41(23-21-40)19-16-34(42)39-33-11-5-4-10-32(33)31-9-3-2-8-28(31)17-24-44-30-14-12-29(13-15-30)38-35(43)37-26-27-7-6-18-36-25-27/h2-15,18,25H,16-17,19-24,26H2,1H3,(H,39,42)(H2,37,38,43). The van der Waals surface area contributed by atoms with Crippen LogP contribution in [0.5, 0.6) is 5.75 Å². The van der Waals surface area contributed by atoms with Gasteiger partial charge in [0, 0.05) is 81.4 Å². The van der Waals surface area contributed by atoms with E-state index in [0.29, 0.717) is 31.7 Å². The molecule has 0 aliphatic carbocycles. The molecule has 3 aromatic carbocycles. The minimum Gasteiger partial charge on any atom is -0.493 e. The van der Waals surface area contributed by atoms with E-state index in [0.717, 1.165) is 66.4 Å². The zero-order valence-corrected chi connectivity index (χ0v) is 25.2. The molecule has 9 heteroatoms. The van der Waals surface area contributed by atoms with E-state index in [-0.39, 0.29) is 11.9 Å². The molecular formula is C35H40N6O3. The number of nitrogens with zero attached hydrogens (tertiary/aromatic N) is 3. The lowest BCUT2D eigenvalue weighted by Crippen LogP contribution is -2.45. The number of likely N-dealkylation sites (N-methyl/N-ethyl adjacent to an activating group) is 1. The van der Waals surface area contributed by atoms with Crippen molar-refractivity contribution in [3.63, 3.8) is 0 Å². The molecule has 9 nitrogen and oxygen atoms in total. The number of rotatable bonds is 12. The number of para-hydroxylation sites is 1. The first-order chi connectivity index (χ1) is 21.5. The quantitative estimate of drug-likeness (QED) is 0.207. The average molecular weight is 593 g/mol. The van der Waals surface area contributed by atoms with Crippen LogP contribution in [-0.4, -0.2) is 73.1 Å². The number of carbonyl (C=O) groups excluding carboxylic acids is 2. The van der Waals surface area contributed by atoms with Crippen LogP contribution in [0.3, 0.4) is 0 Å².